The first-order chi connectivity index (χ1) is 9.11. The van der Waals surface area contributed by atoms with Crippen LogP contribution in [0.25, 0.3) is 0 Å². The van der Waals surface area contributed by atoms with E-state index in [1.807, 2.05) is 12.1 Å². The normalized spacial score (nSPS) is 15.3. The van der Waals surface area contributed by atoms with Gasteiger partial charge in [0.25, 0.3) is 5.91 Å². The number of urea groups is 1. The number of nitrogens with one attached hydrogen (secondary N) is 1. The van der Waals surface area contributed by atoms with Gasteiger partial charge in [0.2, 0.25) is 0 Å². The predicted octanol–water partition coefficient (Wildman–Crippen LogP) is 1.30. The second-order valence-electron chi connectivity index (χ2n) is 4.60. The molecule has 1 aliphatic heterocycles. The molecule has 19 heavy (non-hydrogen) atoms. The smallest absolute Gasteiger partial charge is 0.327 e. The van der Waals surface area contributed by atoms with E-state index in [2.05, 4.69) is 17.2 Å². The van der Waals surface area contributed by atoms with E-state index in [4.69, 9.17) is 0 Å². The van der Waals surface area contributed by atoms with Crippen LogP contribution < -0.4 is 5.32 Å². The summed E-state index contributed by atoms with van der Waals surface area (Å²) in [5.74, 6) is 0.641. The van der Waals surface area contributed by atoms with E-state index >= 15 is 0 Å². The van der Waals surface area contributed by atoms with E-state index in [1.54, 1.807) is 13.2 Å². The summed E-state index contributed by atoms with van der Waals surface area (Å²) < 4.78 is 0. The van der Waals surface area contributed by atoms with Crippen molar-refractivity contribution in [1.82, 2.24) is 14.8 Å². The Morgan fingerprint density at radius 2 is 2.16 bits per heavy atom. The third-order valence-electron chi connectivity index (χ3n) is 2.95. The van der Waals surface area contributed by atoms with Crippen molar-refractivity contribution in [3.05, 3.63) is 23.9 Å². The molecule has 3 amide bonds. The highest BCUT2D eigenvalue weighted by Crippen LogP contribution is 2.13. The molecule has 0 unspecified atom stereocenters. The number of nitrogens with zero attached hydrogens (tertiary/aromatic N) is 3. The molecule has 1 aromatic rings. The van der Waals surface area contributed by atoms with Gasteiger partial charge in [0, 0.05) is 19.8 Å². The number of likely N-dealkylation sites (N-methyl/N-ethyl adjacent to an activating group) is 1. The van der Waals surface area contributed by atoms with Gasteiger partial charge in [0.15, 0.2) is 0 Å². The van der Waals surface area contributed by atoms with Crippen LogP contribution >= 0.6 is 0 Å². The molecule has 1 aromatic heterocycles. The molecule has 1 N–H and O–H groups in total. The molecular weight excluding hydrogens is 244 g/mol. The van der Waals surface area contributed by atoms with Crippen molar-refractivity contribution < 1.29 is 9.59 Å². The molecule has 0 spiro atoms. The van der Waals surface area contributed by atoms with E-state index in [-0.39, 0.29) is 25.0 Å². The second kappa shape index (κ2) is 5.69. The average Bonchev–Trinajstić information content (AvgIpc) is 2.64. The lowest BCUT2D eigenvalue weighted by Gasteiger charge is -2.14. The summed E-state index contributed by atoms with van der Waals surface area (Å²) in [5.41, 5.74) is 0.846. The number of anilines is 1. The van der Waals surface area contributed by atoms with Gasteiger partial charge in [-0.3, -0.25) is 9.69 Å². The van der Waals surface area contributed by atoms with E-state index in [0.29, 0.717) is 0 Å². The first kappa shape index (κ1) is 13.3. The summed E-state index contributed by atoms with van der Waals surface area (Å²) in [6.45, 7) is 3.40. The van der Waals surface area contributed by atoms with Crippen LogP contribution in [0, 0.1) is 0 Å². The third-order valence-corrected chi connectivity index (χ3v) is 2.95. The highest BCUT2D eigenvalue weighted by molar-refractivity contribution is 6.01. The van der Waals surface area contributed by atoms with Gasteiger partial charge in [-0.05, 0) is 18.1 Å². The molecule has 0 saturated carbocycles. The molecule has 2 heterocycles. The van der Waals surface area contributed by atoms with E-state index in [1.165, 1.54) is 9.80 Å². The van der Waals surface area contributed by atoms with Gasteiger partial charge in [-0.1, -0.05) is 13.0 Å². The van der Waals surface area contributed by atoms with Crippen molar-refractivity contribution in [2.75, 3.05) is 25.5 Å². The van der Waals surface area contributed by atoms with Gasteiger partial charge in [-0.15, -0.1) is 0 Å². The molecule has 102 valence electrons. The van der Waals surface area contributed by atoms with E-state index in [9.17, 15) is 9.59 Å². The van der Waals surface area contributed by atoms with Gasteiger partial charge >= 0.3 is 6.03 Å². The van der Waals surface area contributed by atoms with E-state index < -0.39 is 0 Å². The number of imide groups is 1. The Hall–Kier alpha value is -2.11. The quantitative estimate of drug-likeness (QED) is 0.812. The van der Waals surface area contributed by atoms with Gasteiger partial charge < -0.3 is 10.2 Å². The minimum Gasteiger partial charge on any atom is -0.370 e. The largest absolute Gasteiger partial charge is 0.370 e. The van der Waals surface area contributed by atoms with Crippen LogP contribution in [0.1, 0.15) is 18.9 Å². The first-order valence-electron chi connectivity index (χ1n) is 6.36. The number of rotatable bonds is 5. The van der Waals surface area contributed by atoms with Crippen molar-refractivity contribution in [3.8, 4) is 0 Å². The maximum absolute atomic E-state index is 11.7. The lowest BCUT2D eigenvalue weighted by molar-refractivity contribution is -0.125. The molecule has 6 heteroatoms. The summed E-state index contributed by atoms with van der Waals surface area (Å²) in [6.07, 6.45) is 2.73. The van der Waals surface area contributed by atoms with Gasteiger partial charge in [-0.25, -0.2) is 9.78 Å². The molecule has 0 radical (unpaired) electrons. The monoisotopic (exact) mass is 262 g/mol. The van der Waals surface area contributed by atoms with Crippen LogP contribution in [0.5, 0.6) is 0 Å². The lowest BCUT2D eigenvalue weighted by atomic mass is 10.2. The zero-order valence-corrected chi connectivity index (χ0v) is 11.2. The SMILES string of the molecule is CCCNc1ccc(CN2C(=O)CN(C)C2=O)cn1. The molecule has 1 fully saturated rings. The lowest BCUT2D eigenvalue weighted by Crippen LogP contribution is -2.31. The van der Waals surface area contributed by atoms with Crippen LogP contribution in [0.2, 0.25) is 0 Å². The number of carbonyl (C=O) groups is 2. The highest BCUT2D eigenvalue weighted by atomic mass is 16.2. The zero-order valence-electron chi connectivity index (χ0n) is 11.2. The Morgan fingerprint density at radius 1 is 1.37 bits per heavy atom. The number of amides is 3. The van der Waals surface area contributed by atoms with Crippen LogP contribution in [0.3, 0.4) is 0 Å². The zero-order chi connectivity index (χ0) is 13.8. The number of aromatic nitrogens is 1. The molecule has 1 aliphatic rings. The van der Waals surface area contributed by atoms with E-state index in [0.717, 1.165) is 24.3 Å². The predicted molar refractivity (Wildman–Crippen MR) is 71.6 cm³/mol. The van der Waals surface area contributed by atoms with Crippen LogP contribution in [-0.2, 0) is 11.3 Å². The number of hydrogen-bond acceptors (Lipinski definition) is 4. The maximum atomic E-state index is 11.7. The summed E-state index contributed by atoms with van der Waals surface area (Å²) in [5, 5.41) is 3.17. The minimum absolute atomic E-state index is 0.155. The van der Waals surface area contributed by atoms with Crippen molar-refractivity contribution in [3.63, 3.8) is 0 Å². The minimum atomic E-state index is -0.252. The number of hydrogen-bond donors (Lipinski definition) is 1. The Labute approximate surface area is 112 Å². The van der Waals surface area contributed by atoms with Gasteiger partial charge in [0.1, 0.15) is 12.4 Å². The fourth-order valence-electron chi connectivity index (χ4n) is 1.88. The molecule has 6 nitrogen and oxygen atoms in total. The fourth-order valence-corrected chi connectivity index (χ4v) is 1.88. The molecule has 0 aliphatic carbocycles. The fraction of sp³-hybridized carbons (Fsp3) is 0.462. The first-order valence-corrected chi connectivity index (χ1v) is 6.36. The molecule has 0 atom stereocenters. The highest BCUT2D eigenvalue weighted by Gasteiger charge is 2.33. The number of carbonyl (C=O) groups excluding carboxylic acids is 2. The number of pyridine rings is 1. The Balaban J connectivity index is 1.99. The van der Waals surface area contributed by atoms with Crippen molar-refractivity contribution >= 4 is 17.8 Å². The Kier molecular flexibility index (Phi) is 3.99. The summed E-state index contributed by atoms with van der Waals surface area (Å²) in [4.78, 5) is 30.3. The molecule has 2 rings (SSSR count). The Morgan fingerprint density at radius 3 is 2.68 bits per heavy atom. The molecular formula is C13H18N4O2. The van der Waals surface area contributed by atoms with Crippen LogP contribution in [-0.4, -0.2) is 46.9 Å². The topological polar surface area (TPSA) is 65.5 Å². The van der Waals surface area contributed by atoms with Gasteiger partial charge in [-0.2, -0.15) is 0 Å². The van der Waals surface area contributed by atoms with Crippen LogP contribution in [0.15, 0.2) is 18.3 Å². The summed E-state index contributed by atoms with van der Waals surface area (Å²) in [6, 6.07) is 3.49. The van der Waals surface area contributed by atoms with Crippen molar-refractivity contribution in [2.24, 2.45) is 0 Å². The molecule has 0 bridgehead atoms. The standard InChI is InChI=1S/C13H18N4O2/c1-3-6-14-11-5-4-10(7-15-11)8-17-12(18)9-16(2)13(17)19/h4-5,7H,3,6,8-9H2,1-2H3,(H,14,15). The molecule has 1 saturated heterocycles. The van der Waals surface area contributed by atoms with Crippen LogP contribution in [0.4, 0.5) is 10.6 Å². The summed E-state index contributed by atoms with van der Waals surface area (Å²) >= 11 is 0. The summed E-state index contributed by atoms with van der Waals surface area (Å²) in [7, 11) is 1.62. The maximum Gasteiger partial charge on any atom is 0.327 e. The van der Waals surface area contributed by atoms with Crippen molar-refractivity contribution in [2.45, 2.75) is 19.9 Å². The van der Waals surface area contributed by atoms with Gasteiger partial charge in [0.05, 0.1) is 6.54 Å². The average molecular weight is 262 g/mol. The van der Waals surface area contributed by atoms with Crippen molar-refractivity contribution in [1.29, 1.82) is 0 Å². The second-order valence-corrected chi connectivity index (χ2v) is 4.60. The molecule has 0 aromatic carbocycles. The Bertz CT molecular complexity index is 472. The third kappa shape index (κ3) is 3.01.